The van der Waals surface area contributed by atoms with Crippen molar-refractivity contribution in [1.82, 2.24) is 10.2 Å². The van der Waals surface area contributed by atoms with E-state index < -0.39 is 0 Å². The van der Waals surface area contributed by atoms with Crippen LogP contribution in [0.1, 0.15) is 16.7 Å². The van der Waals surface area contributed by atoms with Gasteiger partial charge in [0, 0.05) is 27.2 Å². The van der Waals surface area contributed by atoms with Crippen molar-refractivity contribution in [2.45, 2.75) is 13.1 Å². The Morgan fingerprint density at radius 2 is 1.85 bits per heavy atom. The van der Waals surface area contributed by atoms with Crippen LogP contribution < -0.4 is 14.8 Å². The van der Waals surface area contributed by atoms with Gasteiger partial charge in [0.15, 0.2) is 17.5 Å². The van der Waals surface area contributed by atoms with E-state index in [1.807, 2.05) is 54.4 Å². The molecular weight excluding hydrogens is 443 g/mol. The van der Waals surface area contributed by atoms with Crippen LogP contribution in [0.15, 0.2) is 47.5 Å². The molecule has 0 spiro atoms. The van der Waals surface area contributed by atoms with Gasteiger partial charge in [0.1, 0.15) is 0 Å². The molecular formula is C19H21IN4O2. The lowest BCUT2D eigenvalue weighted by Crippen LogP contribution is -2.38. The summed E-state index contributed by atoms with van der Waals surface area (Å²) in [5.74, 6) is 2.36. The molecule has 26 heavy (non-hydrogen) atoms. The highest BCUT2D eigenvalue weighted by molar-refractivity contribution is 14.0. The maximum absolute atomic E-state index is 8.85. The van der Waals surface area contributed by atoms with E-state index >= 15 is 0 Å². The van der Waals surface area contributed by atoms with Gasteiger partial charge in [-0.1, -0.05) is 18.2 Å². The topological polar surface area (TPSA) is 69.9 Å². The summed E-state index contributed by atoms with van der Waals surface area (Å²) >= 11 is 0. The minimum atomic E-state index is 0. The van der Waals surface area contributed by atoms with E-state index in [-0.39, 0.29) is 30.8 Å². The number of nitrogens with zero attached hydrogens (tertiary/aromatic N) is 3. The molecule has 0 atom stereocenters. The Morgan fingerprint density at radius 3 is 2.54 bits per heavy atom. The molecule has 136 valence electrons. The maximum Gasteiger partial charge on any atom is 0.231 e. The number of aliphatic imine (C=N–C) groups is 1. The van der Waals surface area contributed by atoms with E-state index in [4.69, 9.17) is 14.7 Å². The smallest absolute Gasteiger partial charge is 0.231 e. The van der Waals surface area contributed by atoms with Gasteiger partial charge < -0.3 is 19.7 Å². The van der Waals surface area contributed by atoms with E-state index in [0.29, 0.717) is 18.7 Å². The first-order valence-electron chi connectivity index (χ1n) is 7.99. The van der Waals surface area contributed by atoms with E-state index in [0.717, 1.165) is 28.6 Å². The molecule has 0 aromatic heterocycles. The third kappa shape index (κ3) is 4.79. The third-order valence-corrected chi connectivity index (χ3v) is 3.96. The molecule has 0 aliphatic carbocycles. The highest BCUT2D eigenvalue weighted by atomic mass is 127. The minimum Gasteiger partial charge on any atom is -0.454 e. The number of hydrogen-bond acceptors (Lipinski definition) is 4. The summed E-state index contributed by atoms with van der Waals surface area (Å²) in [4.78, 5) is 6.37. The molecule has 1 N–H and O–H groups in total. The molecule has 0 saturated heterocycles. The summed E-state index contributed by atoms with van der Waals surface area (Å²) in [5, 5.41) is 12.2. The van der Waals surface area contributed by atoms with Gasteiger partial charge in [0.25, 0.3) is 0 Å². The Labute approximate surface area is 170 Å². The van der Waals surface area contributed by atoms with Gasteiger partial charge in [-0.25, -0.2) is 0 Å². The van der Waals surface area contributed by atoms with Crippen LogP contribution in [-0.4, -0.2) is 31.7 Å². The summed E-state index contributed by atoms with van der Waals surface area (Å²) in [6.07, 6.45) is 0. The van der Waals surface area contributed by atoms with Crippen molar-refractivity contribution >= 4 is 29.9 Å². The van der Waals surface area contributed by atoms with Crippen molar-refractivity contribution in [3.63, 3.8) is 0 Å². The zero-order valence-corrected chi connectivity index (χ0v) is 17.1. The number of benzene rings is 2. The molecule has 0 radical (unpaired) electrons. The Balaban J connectivity index is 0.00000243. The molecule has 7 heteroatoms. The lowest BCUT2D eigenvalue weighted by atomic mass is 10.1. The number of rotatable bonds is 4. The molecule has 0 amide bonds. The first-order chi connectivity index (χ1) is 12.2. The van der Waals surface area contributed by atoms with E-state index in [2.05, 4.69) is 16.4 Å². The zero-order valence-electron chi connectivity index (χ0n) is 14.7. The second kappa shape index (κ2) is 9.29. The van der Waals surface area contributed by atoms with Crippen LogP contribution >= 0.6 is 24.0 Å². The molecule has 0 bridgehead atoms. The van der Waals surface area contributed by atoms with Crippen LogP contribution in [0.25, 0.3) is 0 Å². The van der Waals surface area contributed by atoms with Gasteiger partial charge in [-0.2, -0.15) is 5.26 Å². The third-order valence-electron chi connectivity index (χ3n) is 3.96. The van der Waals surface area contributed by atoms with Crippen molar-refractivity contribution in [2.75, 3.05) is 20.9 Å². The van der Waals surface area contributed by atoms with Gasteiger partial charge in [0.2, 0.25) is 6.79 Å². The normalized spacial score (nSPS) is 12.1. The van der Waals surface area contributed by atoms with E-state index in [1.165, 1.54) is 0 Å². The SMILES string of the molecule is CN=C(NCc1ccc(C#N)cc1)N(C)Cc1ccc2c(c1)OCO2.I. The number of ether oxygens (including phenoxy) is 2. The highest BCUT2D eigenvalue weighted by Gasteiger charge is 2.14. The van der Waals surface area contributed by atoms with Crippen molar-refractivity contribution in [1.29, 1.82) is 5.26 Å². The number of hydrogen-bond donors (Lipinski definition) is 1. The van der Waals surface area contributed by atoms with Crippen LogP contribution in [0.5, 0.6) is 11.5 Å². The number of guanidine groups is 1. The molecule has 0 unspecified atom stereocenters. The van der Waals surface area contributed by atoms with Gasteiger partial charge in [-0.05, 0) is 35.4 Å². The summed E-state index contributed by atoms with van der Waals surface area (Å²) in [6.45, 7) is 1.62. The summed E-state index contributed by atoms with van der Waals surface area (Å²) in [5.41, 5.74) is 2.87. The fourth-order valence-electron chi connectivity index (χ4n) is 2.65. The first kappa shape index (κ1) is 19.8. The van der Waals surface area contributed by atoms with Gasteiger partial charge in [-0.15, -0.1) is 24.0 Å². The average molecular weight is 464 g/mol. The van der Waals surface area contributed by atoms with Crippen molar-refractivity contribution in [2.24, 2.45) is 4.99 Å². The number of nitriles is 1. The molecule has 1 aliphatic heterocycles. The molecule has 1 heterocycles. The Kier molecular flexibility index (Phi) is 7.09. The lowest BCUT2D eigenvalue weighted by Gasteiger charge is -2.22. The monoisotopic (exact) mass is 464 g/mol. The number of halogens is 1. The molecule has 2 aromatic carbocycles. The van der Waals surface area contributed by atoms with Crippen molar-refractivity contribution in [3.8, 4) is 17.6 Å². The highest BCUT2D eigenvalue weighted by Crippen LogP contribution is 2.32. The maximum atomic E-state index is 8.85. The predicted molar refractivity (Wildman–Crippen MR) is 111 cm³/mol. The predicted octanol–water partition coefficient (Wildman–Crippen LogP) is 3.11. The Morgan fingerprint density at radius 1 is 1.15 bits per heavy atom. The van der Waals surface area contributed by atoms with Crippen molar-refractivity contribution < 1.29 is 9.47 Å². The molecule has 6 nitrogen and oxygen atoms in total. The molecule has 2 aromatic rings. The fraction of sp³-hybridized carbons (Fsp3) is 0.263. The van der Waals surface area contributed by atoms with Crippen LogP contribution in [0.4, 0.5) is 0 Å². The molecule has 0 saturated carbocycles. The summed E-state index contributed by atoms with van der Waals surface area (Å²) in [7, 11) is 3.75. The van der Waals surface area contributed by atoms with E-state index in [9.17, 15) is 0 Å². The average Bonchev–Trinajstić information content (AvgIpc) is 3.10. The summed E-state index contributed by atoms with van der Waals surface area (Å²) in [6, 6.07) is 15.6. The lowest BCUT2D eigenvalue weighted by molar-refractivity contribution is 0.174. The van der Waals surface area contributed by atoms with Crippen LogP contribution in [-0.2, 0) is 13.1 Å². The fourth-order valence-corrected chi connectivity index (χ4v) is 2.65. The van der Waals surface area contributed by atoms with Gasteiger partial charge in [-0.3, -0.25) is 4.99 Å². The van der Waals surface area contributed by atoms with E-state index in [1.54, 1.807) is 7.05 Å². The second-order valence-corrected chi connectivity index (χ2v) is 5.75. The van der Waals surface area contributed by atoms with Crippen LogP contribution in [0.2, 0.25) is 0 Å². The second-order valence-electron chi connectivity index (χ2n) is 5.75. The summed E-state index contributed by atoms with van der Waals surface area (Å²) < 4.78 is 10.8. The minimum absolute atomic E-state index is 0. The quantitative estimate of drug-likeness (QED) is 0.428. The number of fused-ring (bicyclic) bond motifs is 1. The Bertz CT molecular complexity index is 815. The standard InChI is InChI=1S/C19H20N4O2.HI/c1-21-19(22-11-15-5-3-14(10-20)4-6-15)23(2)12-16-7-8-17-18(9-16)25-13-24-17;/h3-9H,11-13H2,1-2H3,(H,21,22);1H. The van der Waals surface area contributed by atoms with Crippen LogP contribution in [0, 0.1) is 11.3 Å². The molecule has 3 rings (SSSR count). The molecule has 0 fully saturated rings. The van der Waals surface area contributed by atoms with Crippen molar-refractivity contribution in [3.05, 3.63) is 59.2 Å². The number of nitrogens with one attached hydrogen (secondary N) is 1. The Hall–Kier alpha value is -2.47. The van der Waals surface area contributed by atoms with Gasteiger partial charge in [0.05, 0.1) is 11.6 Å². The van der Waals surface area contributed by atoms with Crippen LogP contribution in [0.3, 0.4) is 0 Å². The van der Waals surface area contributed by atoms with Gasteiger partial charge >= 0.3 is 0 Å². The zero-order chi connectivity index (χ0) is 17.6. The largest absolute Gasteiger partial charge is 0.454 e. The molecule has 1 aliphatic rings. The first-order valence-corrected chi connectivity index (χ1v) is 7.99.